The average Bonchev–Trinajstić information content (AvgIpc) is 2.21. The maximum atomic E-state index is 11.4. The van der Waals surface area contributed by atoms with E-state index in [1.165, 1.54) is 7.11 Å². The Morgan fingerprint density at radius 3 is 2.33 bits per heavy atom. The molecule has 0 aromatic rings. The summed E-state index contributed by atoms with van der Waals surface area (Å²) >= 11 is 0. The Morgan fingerprint density at radius 1 is 1.33 bits per heavy atom. The van der Waals surface area contributed by atoms with Gasteiger partial charge in [0.05, 0.1) is 7.11 Å². The highest BCUT2D eigenvalue weighted by Crippen LogP contribution is 2.03. The van der Waals surface area contributed by atoms with E-state index in [0.717, 1.165) is 0 Å². The molecule has 0 bridgehead atoms. The number of carbonyl (C=O) groups is 2. The fraction of sp³-hybridized carbons (Fsp3) is 0.800. The number of hydrogen-bond donors (Lipinski definition) is 2. The summed E-state index contributed by atoms with van der Waals surface area (Å²) in [5.74, 6) is -0.521. The third-order valence-electron chi connectivity index (χ3n) is 2.04. The lowest BCUT2D eigenvalue weighted by Crippen LogP contribution is -2.45. The van der Waals surface area contributed by atoms with Crippen molar-refractivity contribution in [3.8, 4) is 0 Å². The first-order valence-corrected chi connectivity index (χ1v) is 5.04. The monoisotopic (exact) mass is 216 g/mol. The normalized spacial score (nSPS) is 12.3. The van der Waals surface area contributed by atoms with Gasteiger partial charge < -0.3 is 15.4 Å². The number of methoxy groups -OCH3 is 1. The van der Waals surface area contributed by atoms with Gasteiger partial charge in [-0.25, -0.2) is 4.79 Å². The summed E-state index contributed by atoms with van der Waals surface area (Å²) in [5.41, 5.74) is 0. The van der Waals surface area contributed by atoms with Crippen molar-refractivity contribution >= 4 is 11.9 Å². The van der Waals surface area contributed by atoms with E-state index in [-0.39, 0.29) is 11.8 Å². The van der Waals surface area contributed by atoms with Crippen LogP contribution in [0.1, 0.15) is 20.3 Å². The molecule has 1 atom stereocenters. The molecule has 15 heavy (non-hydrogen) atoms. The van der Waals surface area contributed by atoms with Crippen molar-refractivity contribution in [1.29, 1.82) is 0 Å². The Balaban J connectivity index is 4.17. The minimum Gasteiger partial charge on any atom is -0.467 e. The van der Waals surface area contributed by atoms with Crippen LogP contribution in [-0.4, -0.2) is 38.6 Å². The van der Waals surface area contributed by atoms with Gasteiger partial charge in [-0.2, -0.15) is 0 Å². The standard InChI is InChI=1S/C10H20N2O3/c1-7(2)9(10(14)15-4)12-8(13)5-6-11-3/h7,9,11H,5-6H2,1-4H3,(H,12,13)/t9-/m0/s1. The van der Waals surface area contributed by atoms with Crippen LogP contribution < -0.4 is 10.6 Å². The first kappa shape index (κ1) is 13.9. The van der Waals surface area contributed by atoms with E-state index >= 15 is 0 Å². The largest absolute Gasteiger partial charge is 0.467 e. The summed E-state index contributed by atoms with van der Waals surface area (Å²) in [5, 5.41) is 5.52. The van der Waals surface area contributed by atoms with Gasteiger partial charge >= 0.3 is 5.97 Å². The van der Waals surface area contributed by atoms with Crippen LogP contribution in [0.25, 0.3) is 0 Å². The maximum Gasteiger partial charge on any atom is 0.328 e. The maximum absolute atomic E-state index is 11.4. The Kier molecular flexibility index (Phi) is 6.70. The molecule has 5 nitrogen and oxygen atoms in total. The molecule has 0 saturated carbocycles. The molecule has 0 unspecified atom stereocenters. The molecule has 88 valence electrons. The average molecular weight is 216 g/mol. The molecular weight excluding hydrogens is 196 g/mol. The number of carbonyl (C=O) groups excluding carboxylic acids is 2. The molecular formula is C10H20N2O3. The Labute approximate surface area is 90.6 Å². The second-order valence-electron chi connectivity index (χ2n) is 3.67. The van der Waals surface area contributed by atoms with E-state index in [9.17, 15) is 9.59 Å². The van der Waals surface area contributed by atoms with Gasteiger partial charge in [0.1, 0.15) is 6.04 Å². The van der Waals surface area contributed by atoms with Gasteiger partial charge in [-0.15, -0.1) is 0 Å². The molecule has 0 aromatic carbocycles. The molecule has 0 aromatic heterocycles. The fourth-order valence-corrected chi connectivity index (χ4v) is 1.11. The Hall–Kier alpha value is -1.10. The molecule has 0 aliphatic rings. The third-order valence-corrected chi connectivity index (χ3v) is 2.04. The smallest absolute Gasteiger partial charge is 0.328 e. The highest BCUT2D eigenvalue weighted by atomic mass is 16.5. The summed E-state index contributed by atoms with van der Waals surface area (Å²) in [4.78, 5) is 22.7. The summed E-state index contributed by atoms with van der Waals surface area (Å²) in [6.45, 7) is 4.32. The number of rotatable bonds is 6. The van der Waals surface area contributed by atoms with Crippen molar-refractivity contribution in [1.82, 2.24) is 10.6 Å². The Bertz CT molecular complexity index is 217. The van der Waals surface area contributed by atoms with Crippen molar-refractivity contribution in [3.05, 3.63) is 0 Å². The quantitative estimate of drug-likeness (QED) is 0.609. The summed E-state index contributed by atoms with van der Waals surface area (Å²) in [7, 11) is 3.09. The van der Waals surface area contributed by atoms with E-state index in [2.05, 4.69) is 15.4 Å². The van der Waals surface area contributed by atoms with Crippen LogP contribution in [0.5, 0.6) is 0 Å². The van der Waals surface area contributed by atoms with Gasteiger partial charge in [-0.1, -0.05) is 13.8 Å². The van der Waals surface area contributed by atoms with E-state index in [1.54, 1.807) is 7.05 Å². The lowest BCUT2D eigenvalue weighted by molar-refractivity contribution is -0.146. The summed E-state index contributed by atoms with van der Waals surface area (Å²) < 4.78 is 4.61. The van der Waals surface area contributed by atoms with Crippen molar-refractivity contribution in [2.24, 2.45) is 5.92 Å². The van der Waals surface area contributed by atoms with Gasteiger partial charge in [0.15, 0.2) is 0 Å². The van der Waals surface area contributed by atoms with Crippen LogP contribution in [0, 0.1) is 5.92 Å². The molecule has 1 amide bonds. The van der Waals surface area contributed by atoms with Crippen LogP contribution in [-0.2, 0) is 14.3 Å². The number of esters is 1. The lowest BCUT2D eigenvalue weighted by Gasteiger charge is -2.19. The number of amides is 1. The van der Waals surface area contributed by atoms with E-state index in [0.29, 0.717) is 13.0 Å². The zero-order valence-electron chi connectivity index (χ0n) is 9.79. The molecule has 0 aliphatic carbocycles. The fourth-order valence-electron chi connectivity index (χ4n) is 1.11. The van der Waals surface area contributed by atoms with Gasteiger partial charge in [0.2, 0.25) is 5.91 Å². The van der Waals surface area contributed by atoms with Crippen LogP contribution in [0.2, 0.25) is 0 Å². The van der Waals surface area contributed by atoms with E-state index in [4.69, 9.17) is 0 Å². The molecule has 0 spiro atoms. The van der Waals surface area contributed by atoms with Crippen molar-refractivity contribution < 1.29 is 14.3 Å². The van der Waals surface area contributed by atoms with Crippen LogP contribution in [0.4, 0.5) is 0 Å². The molecule has 0 heterocycles. The molecule has 0 saturated heterocycles. The first-order valence-electron chi connectivity index (χ1n) is 5.04. The van der Waals surface area contributed by atoms with Crippen molar-refractivity contribution in [2.75, 3.05) is 20.7 Å². The predicted molar refractivity (Wildman–Crippen MR) is 57.3 cm³/mol. The molecule has 0 rings (SSSR count). The molecule has 0 aliphatic heterocycles. The SMILES string of the molecule is CNCCC(=O)N[C@H](C(=O)OC)C(C)C. The zero-order chi connectivity index (χ0) is 11.8. The van der Waals surface area contributed by atoms with E-state index in [1.807, 2.05) is 13.8 Å². The van der Waals surface area contributed by atoms with Crippen LogP contribution in [0.15, 0.2) is 0 Å². The molecule has 0 fully saturated rings. The topological polar surface area (TPSA) is 67.4 Å². The van der Waals surface area contributed by atoms with Gasteiger partial charge in [0.25, 0.3) is 0 Å². The van der Waals surface area contributed by atoms with E-state index < -0.39 is 12.0 Å². The molecule has 2 N–H and O–H groups in total. The predicted octanol–water partition coefficient (Wildman–Crippen LogP) is -0.0903. The minimum atomic E-state index is -0.556. The highest BCUT2D eigenvalue weighted by molar-refractivity contribution is 5.84. The van der Waals surface area contributed by atoms with Gasteiger partial charge in [0, 0.05) is 13.0 Å². The lowest BCUT2D eigenvalue weighted by atomic mass is 10.0. The van der Waals surface area contributed by atoms with Gasteiger partial charge in [-0.3, -0.25) is 4.79 Å². The number of hydrogen-bond acceptors (Lipinski definition) is 4. The highest BCUT2D eigenvalue weighted by Gasteiger charge is 2.24. The second-order valence-corrected chi connectivity index (χ2v) is 3.67. The van der Waals surface area contributed by atoms with Crippen LogP contribution in [0.3, 0.4) is 0 Å². The number of ether oxygens (including phenoxy) is 1. The summed E-state index contributed by atoms with van der Waals surface area (Å²) in [6.07, 6.45) is 0.358. The van der Waals surface area contributed by atoms with Crippen LogP contribution >= 0.6 is 0 Å². The van der Waals surface area contributed by atoms with Crippen molar-refractivity contribution in [3.63, 3.8) is 0 Å². The number of nitrogens with one attached hydrogen (secondary N) is 2. The van der Waals surface area contributed by atoms with Crippen molar-refractivity contribution in [2.45, 2.75) is 26.3 Å². The second kappa shape index (κ2) is 7.23. The first-order chi connectivity index (χ1) is 7.02. The summed E-state index contributed by atoms with van der Waals surface area (Å²) in [6, 6.07) is -0.556. The zero-order valence-corrected chi connectivity index (χ0v) is 9.79. The third kappa shape index (κ3) is 5.37. The molecule has 5 heteroatoms. The minimum absolute atomic E-state index is 0.0241. The Morgan fingerprint density at radius 2 is 1.93 bits per heavy atom. The molecule has 0 radical (unpaired) electrons. The van der Waals surface area contributed by atoms with Gasteiger partial charge in [-0.05, 0) is 13.0 Å².